The van der Waals surface area contributed by atoms with Crippen LogP contribution in [0.25, 0.3) is 0 Å². The molecule has 0 saturated carbocycles. The highest BCUT2D eigenvalue weighted by Gasteiger charge is 2.09. The molecule has 2 aromatic rings. The maximum atomic E-state index is 9.57. The Morgan fingerprint density at radius 3 is 2.90 bits per heavy atom. The molecule has 2 N–H and O–H groups in total. The number of aromatic hydroxyl groups is 1. The standard InChI is InChI=1S/C14H19N3O3/c1-9(11-4-5-12(18)13(8-11)19-3)15-7-6-14-16-10(2)17-20-14/h4-5,8-9,15,18H,6-7H2,1-3H3. The Morgan fingerprint density at radius 1 is 1.45 bits per heavy atom. The van der Waals surface area contributed by atoms with Crippen molar-refractivity contribution in [2.75, 3.05) is 13.7 Å². The average Bonchev–Trinajstić information content (AvgIpc) is 2.85. The van der Waals surface area contributed by atoms with Crippen LogP contribution in [0, 0.1) is 6.92 Å². The molecular weight excluding hydrogens is 258 g/mol. The van der Waals surface area contributed by atoms with Crippen LogP contribution in [0.15, 0.2) is 22.7 Å². The van der Waals surface area contributed by atoms with Gasteiger partial charge in [0.05, 0.1) is 7.11 Å². The van der Waals surface area contributed by atoms with E-state index in [1.54, 1.807) is 13.0 Å². The number of aryl methyl sites for hydroxylation is 1. The molecule has 6 nitrogen and oxygen atoms in total. The fourth-order valence-corrected chi connectivity index (χ4v) is 1.92. The van der Waals surface area contributed by atoms with Crippen molar-refractivity contribution in [3.63, 3.8) is 0 Å². The summed E-state index contributed by atoms with van der Waals surface area (Å²) in [6.45, 7) is 4.57. The SMILES string of the molecule is COc1cc(C(C)NCCc2nc(C)no2)ccc1O. The van der Waals surface area contributed by atoms with E-state index in [4.69, 9.17) is 9.26 Å². The van der Waals surface area contributed by atoms with E-state index in [2.05, 4.69) is 15.5 Å². The smallest absolute Gasteiger partial charge is 0.227 e. The van der Waals surface area contributed by atoms with Gasteiger partial charge in [-0.25, -0.2) is 0 Å². The zero-order valence-corrected chi connectivity index (χ0v) is 11.9. The van der Waals surface area contributed by atoms with Gasteiger partial charge < -0.3 is 19.7 Å². The normalized spacial score (nSPS) is 12.3. The highest BCUT2D eigenvalue weighted by atomic mass is 16.5. The van der Waals surface area contributed by atoms with Crippen molar-refractivity contribution < 1.29 is 14.4 Å². The van der Waals surface area contributed by atoms with Gasteiger partial charge in [0.15, 0.2) is 17.3 Å². The van der Waals surface area contributed by atoms with Crippen LogP contribution in [0.2, 0.25) is 0 Å². The minimum atomic E-state index is 0.133. The van der Waals surface area contributed by atoms with E-state index in [0.717, 1.165) is 12.1 Å². The lowest BCUT2D eigenvalue weighted by Crippen LogP contribution is -2.21. The van der Waals surface area contributed by atoms with Crippen molar-refractivity contribution in [2.45, 2.75) is 26.3 Å². The molecular formula is C14H19N3O3. The predicted octanol–water partition coefficient (Wildman–Crippen LogP) is 1.99. The van der Waals surface area contributed by atoms with Crippen LogP contribution in [0.3, 0.4) is 0 Å². The van der Waals surface area contributed by atoms with Crippen LogP contribution in [0.4, 0.5) is 0 Å². The number of hydrogen-bond acceptors (Lipinski definition) is 6. The lowest BCUT2D eigenvalue weighted by Gasteiger charge is -2.15. The maximum absolute atomic E-state index is 9.57. The van der Waals surface area contributed by atoms with Crippen LogP contribution in [0.1, 0.15) is 30.2 Å². The van der Waals surface area contributed by atoms with Crippen LogP contribution >= 0.6 is 0 Å². The van der Waals surface area contributed by atoms with E-state index in [-0.39, 0.29) is 11.8 Å². The molecule has 0 bridgehead atoms. The molecule has 1 aromatic carbocycles. The van der Waals surface area contributed by atoms with E-state index >= 15 is 0 Å². The van der Waals surface area contributed by atoms with Gasteiger partial charge in [0.2, 0.25) is 5.89 Å². The number of hydrogen-bond donors (Lipinski definition) is 2. The summed E-state index contributed by atoms with van der Waals surface area (Å²) in [5.74, 6) is 1.90. The Kier molecular flexibility index (Phi) is 4.57. The first-order chi connectivity index (χ1) is 9.60. The topological polar surface area (TPSA) is 80.4 Å². The third-order valence-electron chi connectivity index (χ3n) is 3.06. The molecule has 20 heavy (non-hydrogen) atoms. The summed E-state index contributed by atoms with van der Waals surface area (Å²) in [5, 5.41) is 16.7. The van der Waals surface area contributed by atoms with E-state index < -0.39 is 0 Å². The minimum Gasteiger partial charge on any atom is -0.504 e. The lowest BCUT2D eigenvalue weighted by molar-refractivity contribution is 0.368. The summed E-state index contributed by atoms with van der Waals surface area (Å²) >= 11 is 0. The number of phenolic OH excluding ortho intramolecular Hbond substituents is 1. The van der Waals surface area contributed by atoms with Crippen molar-refractivity contribution in [1.82, 2.24) is 15.5 Å². The monoisotopic (exact) mass is 277 g/mol. The van der Waals surface area contributed by atoms with Gasteiger partial charge in [0.25, 0.3) is 0 Å². The zero-order valence-electron chi connectivity index (χ0n) is 11.9. The van der Waals surface area contributed by atoms with E-state index in [9.17, 15) is 5.11 Å². The first-order valence-electron chi connectivity index (χ1n) is 6.49. The van der Waals surface area contributed by atoms with Crippen LogP contribution < -0.4 is 10.1 Å². The number of ether oxygens (including phenoxy) is 1. The van der Waals surface area contributed by atoms with Crippen molar-refractivity contribution >= 4 is 0 Å². The van der Waals surface area contributed by atoms with Crippen LogP contribution in [-0.2, 0) is 6.42 Å². The number of aromatic nitrogens is 2. The Morgan fingerprint density at radius 2 is 2.25 bits per heavy atom. The molecule has 1 atom stereocenters. The van der Waals surface area contributed by atoms with Gasteiger partial charge in [-0.1, -0.05) is 11.2 Å². The van der Waals surface area contributed by atoms with Gasteiger partial charge in [-0.05, 0) is 31.5 Å². The highest BCUT2D eigenvalue weighted by molar-refractivity contribution is 5.42. The molecule has 0 aliphatic rings. The van der Waals surface area contributed by atoms with Crippen molar-refractivity contribution in [2.24, 2.45) is 0 Å². The molecule has 0 radical (unpaired) electrons. The van der Waals surface area contributed by atoms with E-state index in [1.165, 1.54) is 7.11 Å². The largest absolute Gasteiger partial charge is 0.504 e. The Labute approximate surface area is 117 Å². The second-order valence-corrected chi connectivity index (χ2v) is 4.59. The molecule has 108 valence electrons. The molecule has 1 aromatic heterocycles. The average molecular weight is 277 g/mol. The third kappa shape index (κ3) is 3.48. The van der Waals surface area contributed by atoms with Gasteiger partial charge in [-0.15, -0.1) is 0 Å². The van der Waals surface area contributed by atoms with Gasteiger partial charge in [-0.2, -0.15) is 4.98 Å². The Hall–Kier alpha value is -2.08. The molecule has 0 aliphatic heterocycles. The van der Waals surface area contributed by atoms with E-state index in [1.807, 2.05) is 19.1 Å². The highest BCUT2D eigenvalue weighted by Crippen LogP contribution is 2.28. The van der Waals surface area contributed by atoms with Crippen molar-refractivity contribution in [1.29, 1.82) is 0 Å². The third-order valence-corrected chi connectivity index (χ3v) is 3.06. The molecule has 0 amide bonds. The first-order valence-corrected chi connectivity index (χ1v) is 6.49. The molecule has 0 fully saturated rings. The molecule has 2 rings (SSSR count). The summed E-state index contributed by atoms with van der Waals surface area (Å²) in [7, 11) is 1.54. The van der Waals surface area contributed by atoms with Gasteiger partial charge in [0.1, 0.15) is 0 Å². The maximum Gasteiger partial charge on any atom is 0.227 e. The quantitative estimate of drug-likeness (QED) is 0.840. The van der Waals surface area contributed by atoms with Gasteiger partial charge in [-0.3, -0.25) is 0 Å². The minimum absolute atomic E-state index is 0.133. The molecule has 0 spiro atoms. The summed E-state index contributed by atoms with van der Waals surface area (Å²) in [6.07, 6.45) is 0.681. The predicted molar refractivity (Wildman–Crippen MR) is 73.8 cm³/mol. The summed E-state index contributed by atoms with van der Waals surface area (Å²) in [6, 6.07) is 5.46. The Balaban J connectivity index is 1.89. The second kappa shape index (κ2) is 6.38. The van der Waals surface area contributed by atoms with Gasteiger partial charge >= 0.3 is 0 Å². The van der Waals surface area contributed by atoms with Gasteiger partial charge in [0, 0.05) is 19.0 Å². The summed E-state index contributed by atoms with van der Waals surface area (Å²) in [4.78, 5) is 4.15. The fraction of sp³-hybridized carbons (Fsp3) is 0.429. The first kappa shape index (κ1) is 14.3. The van der Waals surface area contributed by atoms with Crippen molar-refractivity contribution in [3.8, 4) is 11.5 Å². The number of methoxy groups -OCH3 is 1. The molecule has 0 aliphatic carbocycles. The number of nitrogens with one attached hydrogen (secondary N) is 1. The Bertz CT molecular complexity index is 569. The number of nitrogens with zero attached hydrogens (tertiary/aromatic N) is 2. The van der Waals surface area contributed by atoms with E-state index in [0.29, 0.717) is 23.9 Å². The molecule has 6 heteroatoms. The second-order valence-electron chi connectivity index (χ2n) is 4.59. The number of phenols is 1. The van der Waals surface area contributed by atoms with Crippen molar-refractivity contribution in [3.05, 3.63) is 35.5 Å². The molecule has 0 saturated heterocycles. The van der Waals surface area contributed by atoms with Crippen LogP contribution in [-0.4, -0.2) is 28.9 Å². The van der Waals surface area contributed by atoms with Crippen LogP contribution in [0.5, 0.6) is 11.5 Å². The molecule has 1 unspecified atom stereocenters. The fourth-order valence-electron chi connectivity index (χ4n) is 1.92. The lowest BCUT2D eigenvalue weighted by atomic mass is 10.1. The zero-order chi connectivity index (χ0) is 14.5. The summed E-state index contributed by atoms with van der Waals surface area (Å²) in [5.41, 5.74) is 1.04. The number of rotatable bonds is 6. The summed E-state index contributed by atoms with van der Waals surface area (Å²) < 4.78 is 10.2. The number of benzene rings is 1. The molecule has 1 heterocycles.